The summed E-state index contributed by atoms with van der Waals surface area (Å²) in [7, 11) is 0. The summed E-state index contributed by atoms with van der Waals surface area (Å²) in [6, 6.07) is 12.6. The zero-order valence-corrected chi connectivity index (χ0v) is 12.2. The molecule has 1 N–H and O–H groups in total. The van der Waals surface area contributed by atoms with E-state index < -0.39 is 0 Å². The van der Waals surface area contributed by atoms with E-state index in [1.807, 2.05) is 12.3 Å². The molecule has 0 aliphatic rings. The highest BCUT2D eigenvalue weighted by molar-refractivity contribution is 9.10. The van der Waals surface area contributed by atoms with Crippen molar-refractivity contribution in [1.29, 1.82) is 0 Å². The van der Waals surface area contributed by atoms with Crippen LogP contribution in [-0.2, 0) is 0 Å². The first kappa shape index (κ1) is 13.1. The maximum atomic E-state index is 4.39. The van der Waals surface area contributed by atoms with Gasteiger partial charge in [0.2, 0.25) is 0 Å². The minimum absolute atomic E-state index is 0.469. The normalized spacial score (nSPS) is 12.2. The van der Waals surface area contributed by atoms with Crippen molar-refractivity contribution in [2.75, 3.05) is 11.9 Å². The zero-order valence-electron chi connectivity index (χ0n) is 10.7. The lowest BCUT2D eigenvalue weighted by Gasteiger charge is -2.14. The average molecular weight is 305 g/mol. The smallest absolute Gasteiger partial charge is 0.128 e. The topological polar surface area (TPSA) is 24.9 Å². The second-order valence-electron chi connectivity index (χ2n) is 4.51. The summed E-state index contributed by atoms with van der Waals surface area (Å²) in [4.78, 5) is 4.39. The van der Waals surface area contributed by atoms with Crippen molar-refractivity contribution in [2.24, 2.45) is 0 Å². The van der Waals surface area contributed by atoms with Crippen LogP contribution in [0.5, 0.6) is 0 Å². The van der Waals surface area contributed by atoms with E-state index in [1.54, 1.807) is 0 Å². The molecule has 1 atom stereocenters. The molecular formula is C15H17BrN2. The van der Waals surface area contributed by atoms with E-state index in [9.17, 15) is 0 Å². The SMILES string of the molecule is Cc1cc(Br)cnc1NCC(C)c1ccccc1. The van der Waals surface area contributed by atoms with Crippen LogP contribution in [0.3, 0.4) is 0 Å². The highest BCUT2D eigenvalue weighted by atomic mass is 79.9. The molecule has 0 aliphatic carbocycles. The third-order valence-corrected chi connectivity index (χ3v) is 3.42. The van der Waals surface area contributed by atoms with Crippen LogP contribution >= 0.6 is 15.9 Å². The van der Waals surface area contributed by atoms with Gasteiger partial charge in [-0.1, -0.05) is 37.3 Å². The average Bonchev–Trinajstić information content (AvgIpc) is 2.38. The van der Waals surface area contributed by atoms with Gasteiger partial charge in [-0.15, -0.1) is 0 Å². The van der Waals surface area contributed by atoms with Crippen molar-refractivity contribution in [3.63, 3.8) is 0 Å². The quantitative estimate of drug-likeness (QED) is 0.907. The fourth-order valence-electron chi connectivity index (χ4n) is 1.87. The van der Waals surface area contributed by atoms with Crippen LogP contribution in [-0.4, -0.2) is 11.5 Å². The van der Waals surface area contributed by atoms with E-state index in [1.165, 1.54) is 5.56 Å². The molecule has 18 heavy (non-hydrogen) atoms. The third kappa shape index (κ3) is 3.33. The maximum Gasteiger partial charge on any atom is 0.128 e. The van der Waals surface area contributed by atoms with E-state index in [0.29, 0.717) is 5.92 Å². The minimum Gasteiger partial charge on any atom is -0.369 e. The standard InChI is InChI=1S/C15H17BrN2/c1-11-8-14(16)10-18-15(11)17-9-12(2)13-6-4-3-5-7-13/h3-8,10,12H,9H2,1-2H3,(H,17,18). The molecule has 2 aromatic rings. The Hall–Kier alpha value is -1.35. The number of aryl methyl sites for hydroxylation is 1. The molecule has 0 amide bonds. The van der Waals surface area contributed by atoms with Crippen molar-refractivity contribution in [2.45, 2.75) is 19.8 Å². The molecule has 3 heteroatoms. The lowest BCUT2D eigenvalue weighted by atomic mass is 10.0. The van der Waals surface area contributed by atoms with Crippen molar-refractivity contribution < 1.29 is 0 Å². The molecule has 0 fully saturated rings. The van der Waals surface area contributed by atoms with E-state index in [-0.39, 0.29) is 0 Å². The Kier molecular flexibility index (Phi) is 4.37. The molecule has 0 saturated carbocycles. The highest BCUT2D eigenvalue weighted by Gasteiger charge is 2.06. The largest absolute Gasteiger partial charge is 0.369 e. The van der Waals surface area contributed by atoms with Crippen LogP contribution in [0.1, 0.15) is 24.0 Å². The molecular weight excluding hydrogens is 288 g/mol. The van der Waals surface area contributed by atoms with Crippen LogP contribution < -0.4 is 5.32 Å². The number of anilines is 1. The van der Waals surface area contributed by atoms with Gasteiger partial charge in [0.25, 0.3) is 0 Å². The number of nitrogens with one attached hydrogen (secondary N) is 1. The van der Waals surface area contributed by atoms with Crippen LogP contribution in [0, 0.1) is 6.92 Å². The fraction of sp³-hybridized carbons (Fsp3) is 0.267. The van der Waals surface area contributed by atoms with Gasteiger partial charge >= 0.3 is 0 Å². The number of rotatable bonds is 4. The predicted octanol–water partition coefficient (Wildman–Crippen LogP) is 4.37. The van der Waals surface area contributed by atoms with Gasteiger partial charge in [0.15, 0.2) is 0 Å². The molecule has 0 aliphatic heterocycles. The molecule has 1 aromatic heterocycles. The van der Waals surface area contributed by atoms with Gasteiger partial charge < -0.3 is 5.32 Å². The van der Waals surface area contributed by atoms with Crippen molar-refractivity contribution in [3.05, 3.63) is 58.2 Å². The first-order valence-electron chi connectivity index (χ1n) is 6.08. The molecule has 0 radical (unpaired) electrons. The molecule has 0 saturated heterocycles. The van der Waals surface area contributed by atoms with Gasteiger partial charge in [-0.05, 0) is 46.0 Å². The monoisotopic (exact) mass is 304 g/mol. The van der Waals surface area contributed by atoms with Crippen molar-refractivity contribution in [1.82, 2.24) is 4.98 Å². The highest BCUT2D eigenvalue weighted by Crippen LogP contribution is 2.19. The number of hydrogen-bond donors (Lipinski definition) is 1. The number of halogens is 1. The van der Waals surface area contributed by atoms with Crippen LogP contribution in [0.4, 0.5) is 5.82 Å². The van der Waals surface area contributed by atoms with Crippen molar-refractivity contribution >= 4 is 21.7 Å². The Bertz CT molecular complexity index is 511. The van der Waals surface area contributed by atoms with Gasteiger partial charge in [-0.25, -0.2) is 4.98 Å². The number of aromatic nitrogens is 1. The van der Waals surface area contributed by atoms with Gasteiger partial charge in [0, 0.05) is 17.2 Å². The second-order valence-corrected chi connectivity index (χ2v) is 5.43. The summed E-state index contributed by atoms with van der Waals surface area (Å²) in [5, 5.41) is 3.41. The van der Waals surface area contributed by atoms with Crippen LogP contribution in [0.15, 0.2) is 47.1 Å². The molecule has 1 aromatic carbocycles. The number of nitrogens with zero attached hydrogens (tertiary/aromatic N) is 1. The summed E-state index contributed by atoms with van der Waals surface area (Å²) in [5.41, 5.74) is 2.50. The molecule has 1 heterocycles. The van der Waals surface area contributed by atoms with Crippen molar-refractivity contribution in [3.8, 4) is 0 Å². The summed E-state index contributed by atoms with van der Waals surface area (Å²) in [6.45, 7) is 5.17. The summed E-state index contributed by atoms with van der Waals surface area (Å²) < 4.78 is 1.02. The Labute approximate surface area is 117 Å². The second kappa shape index (κ2) is 6.01. The predicted molar refractivity (Wildman–Crippen MR) is 80.0 cm³/mol. The lowest BCUT2D eigenvalue weighted by molar-refractivity contribution is 0.800. The molecule has 94 valence electrons. The summed E-state index contributed by atoms with van der Waals surface area (Å²) >= 11 is 3.42. The van der Waals surface area contributed by atoms with E-state index >= 15 is 0 Å². The maximum absolute atomic E-state index is 4.39. The zero-order chi connectivity index (χ0) is 13.0. The number of hydrogen-bond acceptors (Lipinski definition) is 2. The van der Waals surface area contributed by atoms with Gasteiger partial charge in [0.1, 0.15) is 5.82 Å². The van der Waals surface area contributed by atoms with E-state index in [4.69, 9.17) is 0 Å². The van der Waals surface area contributed by atoms with Crippen LogP contribution in [0.25, 0.3) is 0 Å². The Morgan fingerprint density at radius 2 is 2.00 bits per heavy atom. The Morgan fingerprint density at radius 1 is 1.28 bits per heavy atom. The Morgan fingerprint density at radius 3 is 2.67 bits per heavy atom. The number of benzene rings is 1. The molecule has 2 rings (SSSR count). The Balaban J connectivity index is 1.99. The third-order valence-electron chi connectivity index (χ3n) is 2.99. The van der Waals surface area contributed by atoms with E-state index in [0.717, 1.165) is 22.4 Å². The van der Waals surface area contributed by atoms with Gasteiger partial charge in [0.05, 0.1) is 0 Å². The molecule has 0 bridgehead atoms. The first-order chi connectivity index (χ1) is 8.66. The summed E-state index contributed by atoms with van der Waals surface area (Å²) in [5.74, 6) is 1.43. The fourth-order valence-corrected chi connectivity index (χ4v) is 2.32. The molecule has 1 unspecified atom stereocenters. The first-order valence-corrected chi connectivity index (χ1v) is 6.87. The van der Waals surface area contributed by atoms with E-state index in [2.05, 4.69) is 70.4 Å². The van der Waals surface area contributed by atoms with Crippen LogP contribution in [0.2, 0.25) is 0 Å². The lowest BCUT2D eigenvalue weighted by Crippen LogP contribution is -2.11. The molecule has 2 nitrogen and oxygen atoms in total. The molecule has 0 spiro atoms. The minimum atomic E-state index is 0.469. The van der Waals surface area contributed by atoms with Gasteiger partial charge in [-0.2, -0.15) is 0 Å². The summed E-state index contributed by atoms with van der Waals surface area (Å²) in [6.07, 6.45) is 1.82. The number of pyridine rings is 1. The van der Waals surface area contributed by atoms with Gasteiger partial charge in [-0.3, -0.25) is 0 Å².